The molecule has 2 rings (SSSR count). The summed E-state index contributed by atoms with van der Waals surface area (Å²) in [5, 5.41) is 3.47. The number of ether oxygens (including phenoxy) is 1. The van der Waals surface area contributed by atoms with Crippen molar-refractivity contribution in [2.45, 2.75) is 0 Å². The molecule has 1 aromatic carbocycles. The number of nitrogens with two attached hydrogens (primary N) is 1. The van der Waals surface area contributed by atoms with Crippen LogP contribution in [0.1, 0.15) is 0 Å². The van der Waals surface area contributed by atoms with Crippen molar-refractivity contribution in [3.8, 4) is 5.75 Å². The number of thiophene rings is 1. The molecule has 0 aliphatic rings. The summed E-state index contributed by atoms with van der Waals surface area (Å²) in [6.45, 7) is 0. The first-order valence-corrected chi connectivity index (χ1v) is 4.99. The van der Waals surface area contributed by atoms with Gasteiger partial charge in [0.15, 0.2) is 0 Å². The lowest BCUT2D eigenvalue weighted by Crippen LogP contribution is -1.91. The van der Waals surface area contributed by atoms with Gasteiger partial charge in [-0.3, -0.25) is 0 Å². The van der Waals surface area contributed by atoms with Gasteiger partial charge < -0.3 is 10.5 Å². The van der Waals surface area contributed by atoms with E-state index in [0.717, 1.165) is 10.1 Å². The van der Waals surface area contributed by atoms with Crippen molar-refractivity contribution in [2.24, 2.45) is 0 Å². The van der Waals surface area contributed by atoms with Crippen LogP contribution in [0.25, 0.3) is 10.1 Å². The number of methoxy groups -OCH3 is 1. The number of nitrogen functional groups attached to an aromatic ring is 1. The molecule has 0 atom stereocenters. The van der Waals surface area contributed by atoms with Crippen LogP contribution in [0.4, 0.5) is 5.69 Å². The van der Waals surface area contributed by atoms with Crippen molar-refractivity contribution < 1.29 is 4.74 Å². The van der Waals surface area contributed by atoms with E-state index in [1.165, 1.54) is 0 Å². The second-order valence-corrected chi connectivity index (χ2v) is 3.96. The van der Waals surface area contributed by atoms with Gasteiger partial charge in [0.05, 0.1) is 12.8 Å². The van der Waals surface area contributed by atoms with Crippen LogP contribution in [0.5, 0.6) is 5.75 Å². The molecule has 0 aliphatic carbocycles. The van der Waals surface area contributed by atoms with Gasteiger partial charge >= 0.3 is 0 Å². The Kier molecular flexibility index (Phi) is 2.06. The van der Waals surface area contributed by atoms with Gasteiger partial charge in [0.2, 0.25) is 0 Å². The maximum absolute atomic E-state index is 5.98. The molecule has 0 spiro atoms. The quantitative estimate of drug-likeness (QED) is 0.739. The predicted molar refractivity (Wildman–Crippen MR) is 57.8 cm³/mol. The highest BCUT2D eigenvalue weighted by molar-refractivity contribution is 7.17. The number of benzene rings is 1. The van der Waals surface area contributed by atoms with Gasteiger partial charge in [-0.2, -0.15) is 0 Å². The molecule has 0 bridgehead atoms. The number of hydrogen-bond donors (Lipinski definition) is 1. The van der Waals surface area contributed by atoms with Crippen molar-refractivity contribution in [1.29, 1.82) is 0 Å². The maximum Gasteiger partial charge on any atom is 0.141 e. The normalized spacial score (nSPS) is 10.6. The smallest absolute Gasteiger partial charge is 0.141 e. The first-order chi connectivity index (χ1) is 6.24. The SMILES string of the molecule is COc1cc2sccc2c(N)c1Cl. The van der Waals surface area contributed by atoms with Crippen LogP contribution in [0.2, 0.25) is 5.02 Å². The molecule has 0 aliphatic heterocycles. The van der Waals surface area contributed by atoms with E-state index in [1.807, 2.05) is 17.5 Å². The van der Waals surface area contributed by atoms with E-state index in [-0.39, 0.29) is 0 Å². The molecular weight excluding hydrogens is 206 g/mol. The highest BCUT2D eigenvalue weighted by Crippen LogP contribution is 2.38. The van der Waals surface area contributed by atoms with E-state index in [0.29, 0.717) is 16.5 Å². The van der Waals surface area contributed by atoms with Crippen LogP contribution in [-0.2, 0) is 0 Å². The van der Waals surface area contributed by atoms with Gasteiger partial charge in [0, 0.05) is 10.1 Å². The number of fused-ring (bicyclic) bond motifs is 1. The third-order valence-corrected chi connectivity index (χ3v) is 3.17. The molecule has 2 nitrogen and oxygen atoms in total. The number of anilines is 1. The average Bonchev–Trinajstić information content (AvgIpc) is 2.59. The summed E-state index contributed by atoms with van der Waals surface area (Å²) in [6.07, 6.45) is 0. The van der Waals surface area contributed by atoms with Crippen LogP contribution < -0.4 is 10.5 Å². The molecule has 0 saturated heterocycles. The van der Waals surface area contributed by atoms with E-state index in [4.69, 9.17) is 22.1 Å². The zero-order valence-electron chi connectivity index (χ0n) is 7.00. The molecule has 0 amide bonds. The van der Waals surface area contributed by atoms with Crippen LogP contribution in [-0.4, -0.2) is 7.11 Å². The minimum absolute atomic E-state index is 0.494. The Bertz CT molecular complexity index is 452. The highest BCUT2D eigenvalue weighted by atomic mass is 35.5. The fourth-order valence-corrected chi connectivity index (χ4v) is 2.30. The minimum Gasteiger partial charge on any atom is -0.495 e. The molecule has 68 valence electrons. The summed E-state index contributed by atoms with van der Waals surface area (Å²) in [5.74, 6) is 0.633. The second-order valence-electron chi connectivity index (χ2n) is 2.64. The molecule has 2 aromatic rings. The van der Waals surface area contributed by atoms with E-state index in [9.17, 15) is 0 Å². The Morgan fingerprint density at radius 3 is 3.00 bits per heavy atom. The lowest BCUT2D eigenvalue weighted by atomic mass is 10.2. The van der Waals surface area contributed by atoms with Gasteiger partial charge in [0.1, 0.15) is 10.8 Å². The van der Waals surface area contributed by atoms with Crippen molar-refractivity contribution >= 4 is 38.7 Å². The van der Waals surface area contributed by atoms with E-state index >= 15 is 0 Å². The van der Waals surface area contributed by atoms with Crippen molar-refractivity contribution in [3.05, 3.63) is 22.5 Å². The number of halogens is 1. The van der Waals surface area contributed by atoms with Gasteiger partial charge in [-0.15, -0.1) is 11.3 Å². The fraction of sp³-hybridized carbons (Fsp3) is 0.111. The lowest BCUT2D eigenvalue weighted by Gasteiger charge is -2.06. The Balaban J connectivity index is 2.83. The third kappa shape index (κ3) is 1.24. The summed E-state index contributed by atoms with van der Waals surface area (Å²) < 4.78 is 6.19. The molecule has 1 heterocycles. The summed E-state index contributed by atoms with van der Waals surface area (Å²) in [7, 11) is 1.58. The molecule has 0 radical (unpaired) electrons. The Morgan fingerprint density at radius 1 is 1.54 bits per heavy atom. The van der Waals surface area contributed by atoms with Crippen LogP contribution in [0.15, 0.2) is 17.5 Å². The molecule has 1 aromatic heterocycles. The van der Waals surface area contributed by atoms with E-state index in [2.05, 4.69) is 0 Å². The van der Waals surface area contributed by atoms with Gasteiger partial charge in [0.25, 0.3) is 0 Å². The van der Waals surface area contributed by atoms with Crippen LogP contribution in [0, 0.1) is 0 Å². The first-order valence-electron chi connectivity index (χ1n) is 3.73. The molecule has 2 N–H and O–H groups in total. The van der Waals surface area contributed by atoms with E-state index < -0.39 is 0 Å². The zero-order chi connectivity index (χ0) is 9.42. The summed E-state index contributed by atoms with van der Waals surface area (Å²) in [6, 6.07) is 3.86. The van der Waals surface area contributed by atoms with Crippen LogP contribution in [0.3, 0.4) is 0 Å². The summed E-state index contributed by atoms with van der Waals surface area (Å²) in [5.41, 5.74) is 6.43. The van der Waals surface area contributed by atoms with Crippen LogP contribution >= 0.6 is 22.9 Å². The molecule has 0 saturated carbocycles. The maximum atomic E-state index is 5.98. The Hall–Kier alpha value is -0.930. The molecule has 0 fully saturated rings. The van der Waals surface area contributed by atoms with E-state index in [1.54, 1.807) is 18.4 Å². The second kappa shape index (κ2) is 3.09. The summed E-state index contributed by atoms with van der Waals surface area (Å²) in [4.78, 5) is 0. The number of rotatable bonds is 1. The number of hydrogen-bond acceptors (Lipinski definition) is 3. The van der Waals surface area contributed by atoms with Crippen molar-refractivity contribution in [1.82, 2.24) is 0 Å². The zero-order valence-corrected chi connectivity index (χ0v) is 8.58. The molecule has 4 heteroatoms. The third-order valence-electron chi connectivity index (χ3n) is 1.92. The predicted octanol–water partition coefficient (Wildman–Crippen LogP) is 3.15. The fourth-order valence-electron chi connectivity index (χ4n) is 1.24. The highest BCUT2D eigenvalue weighted by Gasteiger charge is 2.09. The van der Waals surface area contributed by atoms with Crippen molar-refractivity contribution in [3.63, 3.8) is 0 Å². The minimum atomic E-state index is 0.494. The van der Waals surface area contributed by atoms with Crippen molar-refractivity contribution in [2.75, 3.05) is 12.8 Å². The topological polar surface area (TPSA) is 35.2 Å². The van der Waals surface area contributed by atoms with Gasteiger partial charge in [-0.1, -0.05) is 11.6 Å². The Morgan fingerprint density at radius 2 is 2.31 bits per heavy atom. The standard InChI is InChI=1S/C9H8ClNOS/c1-12-6-4-7-5(2-3-13-7)9(11)8(6)10/h2-4H,11H2,1H3. The summed E-state index contributed by atoms with van der Waals surface area (Å²) >= 11 is 7.60. The Labute approximate surface area is 84.9 Å². The molecule has 0 unspecified atom stereocenters. The van der Waals surface area contributed by atoms with Gasteiger partial charge in [-0.25, -0.2) is 0 Å². The average molecular weight is 214 g/mol. The molecule has 13 heavy (non-hydrogen) atoms. The lowest BCUT2D eigenvalue weighted by molar-refractivity contribution is 0.416. The van der Waals surface area contributed by atoms with Gasteiger partial charge in [-0.05, 0) is 17.5 Å². The monoisotopic (exact) mass is 213 g/mol. The molecular formula is C9H8ClNOS. The first kappa shape index (κ1) is 8.66. The largest absolute Gasteiger partial charge is 0.495 e.